The highest BCUT2D eigenvalue weighted by Gasteiger charge is 2.34. The highest BCUT2D eigenvalue weighted by atomic mass is 35.5. The Labute approximate surface area is 177 Å². The highest BCUT2D eigenvalue weighted by Crippen LogP contribution is 2.30. The Hall–Kier alpha value is -1.49. The van der Waals surface area contributed by atoms with Crippen LogP contribution in [0.3, 0.4) is 0 Å². The molecule has 1 atom stereocenters. The number of hydrogen-bond acceptors (Lipinski definition) is 7. The van der Waals surface area contributed by atoms with E-state index in [1.807, 2.05) is 6.92 Å². The number of carbonyl (C=O) groups is 1. The molecule has 1 amide bonds. The lowest BCUT2D eigenvalue weighted by Gasteiger charge is -2.26. The van der Waals surface area contributed by atoms with Crippen LogP contribution in [-0.2, 0) is 14.6 Å². The lowest BCUT2D eigenvalue weighted by molar-refractivity contribution is -0.129. The van der Waals surface area contributed by atoms with E-state index in [0.29, 0.717) is 39.6 Å². The molecule has 1 aliphatic rings. The molecule has 1 aliphatic heterocycles. The summed E-state index contributed by atoms with van der Waals surface area (Å²) >= 11 is 13.3. The lowest BCUT2D eigenvalue weighted by atomic mass is 10.2. The molecule has 0 spiro atoms. The second-order valence-corrected chi connectivity index (χ2v) is 10.3. The van der Waals surface area contributed by atoms with Gasteiger partial charge in [0.05, 0.1) is 22.3 Å². The minimum atomic E-state index is -3.06. The Morgan fingerprint density at radius 2 is 2.14 bits per heavy atom. The van der Waals surface area contributed by atoms with E-state index in [-0.39, 0.29) is 29.2 Å². The number of halogens is 2. The van der Waals surface area contributed by atoms with Crippen LogP contribution in [0.5, 0.6) is 0 Å². The first-order valence-electron chi connectivity index (χ1n) is 8.50. The summed E-state index contributed by atoms with van der Waals surface area (Å²) in [5.74, 6) is 6.44. The van der Waals surface area contributed by atoms with Crippen molar-refractivity contribution in [1.82, 2.24) is 19.8 Å². The molecule has 2 aromatic rings. The van der Waals surface area contributed by atoms with Gasteiger partial charge in [-0.3, -0.25) is 4.79 Å². The number of nitrogens with two attached hydrogens (primary N) is 1. The molecule has 12 heteroatoms. The number of benzene rings is 1. The van der Waals surface area contributed by atoms with Crippen molar-refractivity contribution in [2.45, 2.75) is 24.5 Å². The number of carbonyl (C=O) groups excluding carboxylic acids is 1. The average Bonchev–Trinajstić information content (AvgIpc) is 3.18. The predicted octanol–water partition coefficient (Wildman–Crippen LogP) is 2.09. The van der Waals surface area contributed by atoms with Gasteiger partial charge in [-0.05, 0) is 31.5 Å². The van der Waals surface area contributed by atoms with Crippen molar-refractivity contribution < 1.29 is 13.2 Å². The summed E-state index contributed by atoms with van der Waals surface area (Å²) in [5, 5.41) is 9.32. The van der Waals surface area contributed by atoms with Gasteiger partial charge in [0.2, 0.25) is 11.1 Å². The van der Waals surface area contributed by atoms with E-state index in [1.54, 1.807) is 23.1 Å². The fraction of sp³-hybridized carbons (Fsp3) is 0.438. The van der Waals surface area contributed by atoms with E-state index in [0.717, 1.165) is 11.8 Å². The second kappa shape index (κ2) is 8.48. The van der Waals surface area contributed by atoms with Crippen molar-refractivity contribution in [3.05, 3.63) is 28.2 Å². The number of sulfone groups is 1. The molecule has 1 fully saturated rings. The monoisotopic (exact) mass is 463 g/mol. The molecule has 152 valence electrons. The van der Waals surface area contributed by atoms with Crippen LogP contribution < -0.4 is 5.84 Å². The maximum Gasteiger partial charge on any atom is 0.233 e. The van der Waals surface area contributed by atoms with Gasteiger partial charge in [-0.1, -0.05) is 35.0 Å². The Morgan fingerprint density at radius 3 is 2.79 bits per heavy atom. The lowest BCUT2D eigenvalue weighted by Crippen LogP contribution is -2.42. The zero-order chi connectivity index (χ0) is 20.5. The Bertz CT molecular complexity index is 996. The first kappa shape index (κ1) is 21.2. The summed E-state index contributed by atoms with van der Waals surface area (Å²) in [5.41, 5.74) is 0.536. The first-order valence-corrected chi connectivity index (χ1v) is 12.1. The standard InChI is InChI=1S/C16H19Cl2N5O3S2/c1-2-22(11-5-6-28(25,26)9-11)14(24)8-27-16-21-20-15(23(16)19)12-7-10(17)3-4-13(12)18/h3-4,7,11H,2,5-6,8-9,19H2,1H3. The zero-order valence-electron chi connectivity index (χ0n) is 15.0. The Morgan fingerprint density at radius 1 is 1.39 bits per heavy atom. The molecule has 1 aromatic heterocycles. The van der Waals surface area contributed by atoms with Gasteiger partial charge in [0, 0.05) is 23.2 Å². The van der Waals surface area contributed by atoms with E-state index in [4.69, 9.17) is 29.0 Å². The maximum atomic E-state index is 12.6. The van der Waals surface area contributed by atoms with Crippen molar-refractivity contribution in [3.8, 4) is 11.4 Å². The van der Waals surface area contributed by atoms with Crippen molar-refractivity contribution in [2.75, 3.05) is 29.6 Å². The number of nitrogens with zero attached hydrogens (tertiary/aromatic N) is 4. The van der Waals surface area contributed by atoms with Gasteiger partial charge in [0.1, 0.15) is 0 Å². The minimum Gasteiger partial charge on any atom is -0.338 e. The van der Waals surface area contributed by atoms with E-state index in [1.165, 1.54) is 4.68 Å². The van der Waals surface area contributed by atoms with Crippen LogP contribution in [0.2, 0.25) is 10.0 Å². The van der Waals surface area contributed by atoms with Gasteiger partial charge in [-0.25, -0.2) is 13.1 Å². The molecule has 0 bridgehead atoms. The van der Waals surface area contributed by atoms with Gasteiger partial charge in [-0.2, -0.15) is 0 Å². The molecule has 2 N–H and O–H groups in total. The van der Waals surface area contributed by atoms with Crippen LogP contribution in [-0.4, -0.2) is 63.9 Å². The fourth-order valence-corrected chi connectivity index (χ4v) is 5.94. The SMILES string of the molecule is CCN(C(=O)CSc1nnc(-c2cc(Cl)ccc2Cl)n1N)C1CCS(=O)(=O)C1. The molecular formula is C16H19Cl2N5O3S2. The number of nitrogen functional groups attached to an aromatic ring is 1. The molecule has 2 heterocycles. The third kappa shape index (κ3) is 4.56. The number of rotatable bonds is 6. The third-order valence-electron chi connectivity index (χ3n) is 4.47. The molecule has 3 rings (SSSR count). The largest absolute Gasteiger partial charge is 0.338 e. The summed E-state index contributed by atoms with van der Waals surface area (Å²) in [6.07, 6.45) is 0.469. The molecule has 1 saturated heterocycles. The van der Waals surface area contributed by atoms with E-state index in [9.17, 15) is 13.2 Å². The fourth-order valence-electron chi connectivity index (χ4n) is 3.10. The van der Waals surface area contributed by atoms with Crippen LogP contribution in [0.15, 0.2) is 23.4 Å². The predicted molar refractivity (Wildman–Crippen MR) is 111 cm³/mol. The van der Waals surface area contributed by atoms with Crippen molar-refractivity contribution >= 4 is 50.7 Å². The summed E-state index contributed by atoms with van der Waals surface area (Å²) < 4.78 is 24.6. The smallest absolute Gasteiger partial charge is 0.233 e. The molecule has 0 saturated carbocycles. The van der Waals surface area contributed by atoms with Gasteiger partial charge < -0.3 is 10.7 Å². The maximum absolute atomic E-state index is 12.6. The number of hydrogen-bond donors (Lipinski definition) is 1. The number of thioether (sulfide) groups is 1. The first-order chi connectivity index (χ1) is 13.2. The Balaban J connectivity index is 1.70. The van der Waals surface area contributed by atoms with Gasteiger partial charge in [0.15, 0.2) is 15.7 Å². The minimum absolute atomic E-state index is 0.0156. The van der Waals surface area contributed by atoms with Gasteiger partial charge >= 0.3 is 0 Å². The van der Waals surface area contributed by atoms with Gasteiger partial charge in [0.25, 0.3) is 0 Å². The average molecular weight is 464 g/mol. The van der Waals surface area contributed by atoms with Crippen molar-refractivity contribution in [3.63, 3.8) is 0 Å². The summed E-state index contributed by atoms with van der Waals surface area (Å²) in [6, 6.07) is 4.65. The molecule has 1 unspecified atom stereocenters. The topological polar surface area (TPSA) is 111 Å². The molecule has 1 aromatic carbocycles. The summed E-state index contributed by atoms with van der Waals surface area (Å²) in [7, 11) is -3.06. The quantitative estimate of drug-likeness (QED) is 0.515. The summed E-state index contributed by atoms with van der Waals surface area (Å²) in [6.45, 7) is 2.27. The second-order valence-electron chi connectivity index (χ2n) is 6.33. The van der Waals surface area contributed by atoms with E-state index in [2.05, 4.69) is 10.2 Å². The molecule has 28 heavy (non-hydrogen) atoms. The van der Waals surface area contributed by atoms with Gasteiger partial charge in [-0.15, -0.1) is 10.2 Å². The van der Waals surface area contributed by atoms with Crippen LogP contribution in [0.4, 0.5) is 0 Å². The van der Waals surface area contributed by atoms with Crippen molar-refractivity contribution in [1.29, 1.82) is 0 Å². The Kier molecular flexibility index (Phi) is 6.43. The van der Waals surface area contributed by atoms with Crippen LogP contribution in [0, 0.1) is 0 Å². The molecular weight excluding hydrogens is 445 g/mol. The third-order valence-corrected chi connectivity index (χ3v) is 7.71. The van der Waals surface area contributed by atoms with Crippen LogP contribution in [0.25, 0.3) is 11.4 Å². The molecule has 0 radical (unpaired) electrons. The summed E-state index contributed by atoms with van der Waals surface area (Å²) in [4.78, 5) is 14.2. The molecule has 8 nitrogen and oxygen atoms in total. The van der Waals surface area contributed by atoms with Crippen LogP contribution in [0.1, 0.15) is 13.3 Å². The van der Waals surface area contributed by atoms with Crippen LogP contribution >= 0.6 is 35.0 Å². The molecule has 0 aliphatic carbocycles. The number of aromatic nitrogens is 3. The zero-order valence-corrected chi connectivity index (χ0v) is 18.2. The van der Waals surface area contributed by atoms with Crippen molar-refractivity contribution in [2.24, 2.45) is 0 Å². The number of amides is 1. The normalized spacial score (nSPS) is 18.3. The highest BCUT2D eigenvalue weighted by molar-refractivity contribution is 7.99. The van der Waals surface area contributed by atoms with E-state index < -0.39 is 9.84 Å². The van der Waals surface area contributed by atoms with E-state index >= 15 is 0 Å².